The van der Waals surface area contributed by atoms with E-state index in [-0.39, 0.29) is 16.3 Å². The molecule has 3 rings (SSSR count). The van der Waals surface area contributed by atoms with Gasteiger partial charge in [0.05, 0.1) is 16.5 Å². The van der Waals surface area contributed by atoms with Crippen molar-refractivity contribution in [1.82, 2.24) is 4.72 Å². The van der Waals surface area contributed by atoms with Crippen LogP contribution in [0.1, 0.15) is 12.5 Å². The topological polar surface area (TPSA) is 84.5 Å². The molecule has 0 aromatic heterocycles. The van der Waals surface area contributed by atoms with Crippen molar-refractivity contribution in [2.45, 2.75) is 24.3 Å². The summed E-state index contributed by atoms with van der Waals surface area (Å²) in [6.45, 7) is 2.21. The third-order valence-electron chi connectivity index (χ3n) is 4.45. The maximum absolute atomic E-state index is 13.0. The highest BCUT2D eigenvalue weighted by Gasteiger charge is 2.27. The van der Waals surface area contributed by atoms with E-state index in [9.17, 15) is 13.2 Å². The minimum absolute atomic E-state index is 0.0495. The molecule has 0 radical (unpaired) electrons. The predicted molar refractivity (Wildman–Crippen MR) is 122 cm³/mol. The number of amides is 1. The average Bonchev–Trinajstić information content (AvgIpc) is 2.76. The van der Waals surface area contributed by atoms with Gasteiger partial charge < -0.3 is 10.1 Å². The summed E-state index contributed by atoms with van der Waals surface area (Å²) in [6, 6.07) is 21.2. The van der Waals surface area contributed by atoms with E-state index in [2.05, 4.69) is 10.0 Å². The maximum atomic E-state index is 13.0. The van der Waals surface area contributed by atoms with Crippen LogP contribution in [0.5, 0.6) is 5.75 Å². The Bertz CT molecular complexity index is 1120. The van der Waals surface area contributed by atoms with Gasteiger partial charge in [-0.2, -0.15) is 4.72 Å². The summed E-state index contributed by atoms with van der Waals surface area (Å²) in [7, 11) is -4.02. The molecule has 31 heavy (non-hydrogen) atoms. The van der Waals surface area contributed by atoms with Gasteiger partial charge in [0, 0.05) is 5.69 Å². The summed E-state index contributed by atoms with van der Waals surface area (Å²) in [5.41, 5.74) is 1.40. The van der Waals surface area contributed by atoms with Gasteiger partial charge in [-0.15, -0.1) is 0 Å². The number of benzene rings is 3. The Morgan fingerprint density at radius 3 is 2.26 bits per heavy atom. The second-order valence-corrected chi connectivity index (χ2v) is 8.87. The van der Waals surface area contributed by atoms with Crippen LogP contribution in [0, 0.1) is 0 Å². The highest BCUT2D eigenvalue weighted by molar-refractivity contribution is 7.89. The van der Waals surface area contributed by atoms with Crippen LogP contribution in [0.3, 0.4) is 0 Å². The van der Waals surface area contributed by atoms with Crippen LogP contribution >= 0.6 is 11.6 Å². The molecule has 3 aromatic carbocycles. The van der Waals surface area contributed by atoms with Crippen LogP contribution in [0.25, 0.3) is 0 Å². The van der Waals surface area contributed by atoms with E-state index in [1.165, 1.54) is 18.2 Å². The first-order valence-corrected chi connectivity index (χ1v) is 11.6. The molecule has 2 N–H and O–H groups in total. The molecule has 0 aliphatic heterocycles. The third-order valence-corrected chi connectivity index (χ3v) is 6.22. The quantitative estimate of drug-likeness (QED) is 0.501. The van der Waals surface area contributed by atoms with E-state index in [1.54, 1.807) is 24.3 Å². The number of carbonyl (C=O) groups is 1. The van der Waals surface area contributed by atoms with Crippen LogP contribution in [0.15, 0.2) is 83.8 Å². The molecule has 0 spiro atoms. The van der Waals surface area contributed by atoms with E-state index in [0.29, 0.717) is 18.0 Å². The van der Waals surface area contributed by atoms with Gasteiger partial charge in [0.2, 0.25) is 15.9 Å². The molecule has 162 valence electrons. The van der Waals surface area contributed by atoms with Gasteiger partial charge >= 0.3 is 0 Å². The Balaban J connectivity index is 1.86. The van der Waals surface area contributed by atoms with Crippen LogP contribution < -0.4 is 14.8 Å². The van der Waals surface area contributed by atoms with E-state index in [1.807, 2.05) is 43.3 Å². The first-order chi connectivity index (χ1) is 14.9. The molecule has 3 aromatic rings. The van der Waals surface area contributed by atoms with Crippen molar-refractivity contribution in [1.29, 1.82) is 0 Å². The van der Waals surface area contributed by atoms with Crippen molar-refractivity contribution in [3.63, 3.8) is 0 Å². The van der Waals surface area contributed by atoms with Crippen molar-refractivity contribution < 1.29 is 17.9 Å². The highest BCUT2D eigenvalue weighted by atomic mass is 35.5. The highest BCUT2D eigenvalue weighted by Crippen LogP contribution is 2.27. The van der Waals surface area contributed by atoms with Gasteiger partial charge in [0.15, 0.2) is 0 Å². The van der Waals surface area contributed by atoms with Crippen molar-refractivity contribution in [3.05, 3.63) is 89.4 Å². The van der Waals surface area contributed by atoms with Crippen LogP contribution in [0.4, 0.5) is 5.69 Å². The molecular weight excluding hydrogens is 436 g/mol. The minimum atomic E-state index is -4.02. The van der Waals surface area contributed by atoms with Gasteiger partial charge in [-0.3, -0.25) is 4.79 Å². The lowest BCUT2D eigenvalue weighted by atomic mass is 10.1. The van der Waals surface area contributed by atoms with Gasteiger partial charge in [-0.25, -0.2) is 8.42 Å². The Morgan fingerprint density at radius 2 is 1.65 bits per heavy atom. The first-order valence-electron chi connectivity index (χ1n) is 9.73. The number of nitrogens with one attached hydrogen (secondary N) is 2. The third kappa shape index (κ3) is 6.30. The van der Waals surface area contributed by atoms with Crippen molar-refractivity contribution in [3.8, 4) is 5.75 Å². The van der Waals surface area contributed by atoms with Gasteiger partial charge in [0.1, 0.15) is 11.8 Å². The summed E-state index contributed by atoms with van der Waals surface area (Å²) < 4.78 is 33.9. The predicted octanol–water partition coefficient (Wildman–Crippen LogP) is 4.27. The monoisotopic (exact) mass is 458 g/mol. The van der Waals surface area contributed by atoms with Gasteiger partial charge in [-0.1, -0.05) is 60.1 Å². The summed E-state index contributed by atoms with van der Waals surface area (Å²) in [4.78, 5) is 12.9. The van der Waals surface area contributed by atoms with E-state index >= 15 is 0 Å². The number of para-hydroxylation sites is 1. The van der Waals surface area contributed by atoms with Crippen molar-refractivity contribution >= 4 is 33.2 Å². The molecule has 1 amide bonds. The molecule has 6 nitrogen and oxygen atoms in total. The molecule has 0 aliphatic carbocycles. The zero-order valence-corrected chi connectivity index (χ0v) is 18.5. The fourth-order valence-electron chi connectivity index (χ4n) is 2.97. The van der Waals surface area contributed by atoms with Gasteiger partial charge in [0.25, 0.3) is 0 Å². The molecule has 1 unspecified atom stereocenters. The molecule has 8 heteroatoms. The molecular formula is C23H23ClN2O4S. The molecule has 0 fully saturated rings. The van der Waals surface area contributed by atoms with Crippen molar-refractivity contribution in [2.75, 3.05) is 11.9 Å². The summed E-state index contributed by atoms with van der Waals surface area (Å²) in [5.74, 6) is -0.0681. The molecule has 0 bridgehead atoms. The summed E-state index contributed by atoms with van der Waals surface area (Å²) in [5, 5.41) is 2.94. The largest absolute Gasteiger partial charge is 0.492 e. The molecule has 1 atom stereocenters. The molecule has 0 saturated heterocycles. The SMILES string of the molecule is CCOc1ccc(S(=O)(=O)NC(Cc2ccccc2)C(=O)Nc2ccccc2)cc1Cl. The lowest BCUT2D eigenvalue weighted by Crippen LogP contribution is -2.45. The number of rotatable bonds is 9. The molecule has 0 saturated carbocycles. The number of hydrogen-bond acceptors (Lipinski definition) is 4. The molecule has 0 aliphatic rings. The lowest BCUT2D eigenvalue weighted by Gasteiger charge is -2.19. The Morgan fingerprint density at radius 1 is 1.00 bits per heavy atom. The van der Waals surface area contributed by atoms with Crippen LogP contribution in [0.2, 0.25) is 5.02 Å². The Kier molecular flexibility index (Phi) is 7.68. The standard InChI is InChI=1S/C23H23ClN2O4S/c1-2-30-22-14-13-19(16-20(22)24)31(28,29)26-21(15-17-9-5-3-6-10-17)23(27)25-18-11-7-4-8-12-18/h3-14,16,21,26H,2,15H2,1H3,(H,25,27). The molecule has 0 heterocycles. The number of carbonyl (C=O) groups excluding carboxylic acids is 1. The smallest absolute Gasteiger partial charge is 0.242 e. The average molecular weight is 459 g/mol. The van der Waals surface area contributed by atoms with Crippen molar-refractivity contribution in [2.24, 2.45) is 0 Å². The second kappa shape index (κ2) is 10.4. The maximum Gasteiger partial charge on any atom is 0.242 e. The van der Waals surface area contributed by atoms with Crippen LogP contribution in [-0.4, -0.2) is 27.0 Å². The number of ether oxygens (including phenoxy) is 1. The lowest BCUT2D eigenvalue weighted by molar-refractivity contribution is -0.117. The van der Waals surface area contributed by atoms with E-state index < -0.39 is 22.0 Å². The zero-order valence-electron chi connectivity index (χ0n) is 16.9. The first kappa shape index (κ1) is 22.8. The zero-order chi connectivity index (χ0) is 22.3. The minimum Gasteiger partial charge on any atom is -0.492 e. The Hall–Kier alpha value is -2.87. The number of sulfonamides is 1. The summed E-state index contributed by atoms with van der Waals surface area (Å²) in [6.07, 6.45) is 0.184. The normalized spacial score (nSPS) is 12.2. The second-order valence-electron chi connectivity index (χ2n) is 6.74. The number of hydrogen-bond donors (Lipinski definition) is 2. The van der Waals surface area contributed by atoms with Gasteiger partial charge in [-0.05, 0) is 49.2 Å². The van der Waals surface area contributed by atoms with Crippen LogP contribution in [-0.2, 0) is 21.2 Å². The summed E-state index contributed by atoms with van der Waals surface area (Å²) >= 11 is 6.15. The fourth-order valence-corrected chi connectivity index (χ4v) is 4.49. The Labute approximate surface area is 187 Å². The number of anilines is 1. The fraction of sp³-hybridized carbons (Fsp3) is 0.174. The number of halogens is 1. The van der Waals surface area contributed by atoms with E-state index in [0.717, 1.165) is 5.56 Å². The van der Waals surface area contributed by atoms with E-state index in [4.69, 9.17) is 16.3 Å².